The zero-order valence-corrected chi connectivity index (χ0v) is 33.5. The van der Waals surface area contributed by atoms with E-state index in [2.05, 4.69) is 29.6 Å². The van der Waals surface area contributed by atoms with Crippen LogP contribution in [0.2, 0.25) is 0 Å². The van der Waals surface area contributed by atoms with Crippen molar-refractivity contribution < 1.29 is 24.3 Å². The van der Waals surface area contributed by atoms with E-state index in [1.807, 2.05) is 68.1 Å². The van der Waals surface area contributed by atoms with Gasteiger partial charge in [0.25, 0.3) is 5.91 Å². The van der Waals surface area contributed by atoms with Gasteiger partial charge in [0, 0.05) is 29.8 Å². The Bertz CT molecular complexity index is 2050. The SMILES string of the molecule is CCc1cc(C)c(C=O)cc1C(=O)N1CCC(c2ccc(C#N)cc2)CC1.CCc1cc(C)c(C=O)cc1C(=O)O.Cl.N#Cc1ccc(C2CCNCC2)cc1. The molecule has 0 aromatic heterocycles. The molecule has 0 unspecified atom stereocenters. The Hall–Kier alpha value is -5.61. The van der Waals surface area contributed by atoms with Gasteiger partial charge in [-0.3, -0.25) is 14.4 Å². The fourth-order valence-electron chi connectivity index (χ4n) is 7.21. The van der Waals surface area contributed by atoms with Crippen molar-refractivity contribution in [3.8, 4) is 12.1 Å². The van der Waals surface area contributed by atoms with Gasteiger partial charge in [0.2, 0.25) is 0 Å². The number of aldehydes is 2. The van der Waals surface area contributed by atoms with Gasteiger partial charge in [-0.25, -0.2) is 4.79 Å². The first-order valence-electron chi connectivity index (χ1n) is 19.0. The minimum absolute atomic E-state index is 0. The number of rotatable bonds is 8. The molecule has 0 atom stereocenters. The van der Waals surface area contributed by atoms with E-state index < -0.39 is 5.97 Å². The van der Waals surface area contributed by atoms with Gasteiger partial charge in [-0.1, -0.05) is 50.2 Å². The van der Waals surface area contributed by atoms with Crippen LogP contribution >= 0.6 is 12.4 Å². The summed E-state index contributed by atoms with van der Waals surface area (Å²) in [6, 6.07) is 26.9. The monoisotopic (exact) mass is 774 g/mol. The van der Waals surface area contributed by atoms with Gasteiger partial charge in [0.1, 0.15) is 12.6 Å². The number of piperidine rings is 2. The van der Waals surface area contributed by atoms with Crippen LogP contribution in [0.4, 0.5) is 0 Å². The van der Waals surface area contributed by atoms with Crippen LogP contribution in [0, 0.1) is 36.5 Å². The molecule has 1 amide bonds. The number of carbonyl (C=O) groups excluding carboxylic acids is 3. The number of hydrogen-bond acceptors (Lipinski definition) is 7. The van der Waals surface area contributed by atoms with Gasteiger partial charge in [0.15, 0.2) is 0 Å². The number of amides is 1. The minimum Gasteiger partial charge on any atom is -0.478 e. The lowest BCUT2D eigenvalue weighted by Gasteiger charge is -2.33. The Kier molecular flexibility index (Phi) is 17.6. The molecule has 4 aromatic carbocycles. The summed E-state index contributed by atoms with van der Waals surface area (Å²) in [4.78, 5) is 47.7. The van der Waals surface area contributed by atoms with Gasteiger partial charge < -0.3 is 15.3 Å². The van der Waals surface area contributed by atoms with Gasteiger partial charge in [-0.05, 0) is 147 Å². The zero-order valence-electron chi connectivity index (χ0n) is 32.6. The molecule has 0 spiro atoms. The quantitative estimate of drug-likeness (QED) is 0.169. The van der Waals surface area contributed by atoms with Gasteiger partial charge in [-0.2, -0.15) is 10.5 Å². The highest BCUT2D eigenvalue weighted by Crippen LogP contribution is 2.30. The van der Waals surface area contributed by atoms with Crippen molar-refractivity contribution >= 4 is 36.9 Å². The van der Waals surface area contributed by atoms with Crippen LogP contribution in [0.3, 0.4) is 0 Å². The minimum atomic E-state index is -0.982. The Morgan fingerprint density at radius 3 is 1.52 bits per heavy atom. The number of hydrogen-bond donors (Lipinski definition) is 2. The number of aryl methyl sites for hydroxylation is 4. The number of aromatic carboxylic acids is 1. The first-order chi connectivity index (χ1) is 26.6. The van der Waals surface area contributed by atoms with Gasteiger partial charge >= 0.3 is 5.97 Å². The summed E-state index contributed by atoms with van der Waals surface area (Å²) in [6.45, 7) is 11.3. The lowest BCUT2D eigenvalue weighted by molar-refractivity contribution is 0.0691. The number of nitriles is 2. The second-order valence-corrected chi connectivity index (χ2v) is 14.0. The summed E-state index contributed by atoms with van der Waals surface area (Å²) in [5, 5.41) is 29.8. The van der Waals surface area contributed by atoms with E-state index in [0.29, 0.717) is 59.9 Å². The number of carboxylic acid groups (broad SMARTS) is 1. The number of nitrogens with zero attached hydrogens (tertiary/aromatic N) is 3. The third-order valence-electron chi connectivity index (χ3n) is 10.6. The molecule has 2 N–H and O–H groups in total. The van der Waals surface area contributed by atoms with E-state index in [4.69, 9.17) is 15.6 Å². The van der Waals surface area contributed by atoms with Crippen LogP contribution in [0.25, 0.3) is 0 Å². The van der Waals surface area contributed by atoms with Crippen molar-refractivity contribution in [2.24, 2.45) is 0 Å². The van der Waals surface area contributed by atoms with E-state index in [9.17, 15) is 19.2 Å². The summed E-state index contributed by atoms with van der Waals surface area (Å²) in [6.07, 6.45) is 7.17. The lowest BCUT2D eigenvalue weighted by Crippen LogP contribution is -2.38. The standard InChI is InChI=1S/C23H24N2O2.C12H14N2.C11H12O3.ClH/c1-3-18-12-16(2)21(15-26)13-22(18)23(27)25-10-8-20(9-11-25)19-6-4-17(14-24)5-7-19;13-9-10-1-3-11(4-2-10)12-5-7-14-8-6-12;1-3-8-4-7(2)9(6-12)5-10(8)11(13)14;/h4-7,12-13,15,20H,3,8-11H2,1-2H3;1-4,12,14H,5-8H2;4-6H,3H2,1-2H3,(H,13,14);1H. The number of carbonyl (C=O) groups is 4. The fourth-order valence-corrected chi connectivity index (χ4v) is 7.21. The molecule has 0 saturated carbocycles. The molecular weight excluding hydrogens is 724 g/mol. The number of nitrogens with one attached hydrogen (secondary N) is 1. The first-order valence-corrected chi connectivity index (χ1v) is 19.0. The molecule has 0 bridgehead atoms. The summed E-state index contributed by atoms with van der Waals surface area (Å²) in [5.74, 6) is 0.137. The second-order valence-electron chi connectivity index (χ2n) is 14.0. The highest BCUT2D eigenvalue weighted by atomic mass is 35.5. The molecule has 56 heavy (non-hydrogen) atoms. The largest absolute Gasteiger partial charge is 0.478 e. The molecule has 6 rings (SSSR count). The third-order valence-corrected chi connectivity index (χ3v) is 10.6. The normalized spacial score (nSPS) is 13.9. The maximum absolute atomic E-state index is 13.1. The molecule has 2 heterocycles. The Morgan fingerprint density at radius 1 is 0.714 bits per heavy atom. The molecular formula is C46H51ClN4O5. The number of benzene rings is 4. The molecule has 2 aliphatic heterocycles. The maximum Gasteiger partial charge on any atom is 0.335 e. The highest BCUT2D eigenvalue weighted by molar-refractivity contribution is 5.98. The molecule has 0 radical (unpaired) electrons. The Labute approximate surface area is 336 Å². The average molecular weight is 775 g/mol. The number of carboxylic acids is 1. The smallest absolute Gasteiger partial charge is 0.335 e. The summed E-state index contributed by atoms with van der Waals surface area (Å²) in [7, 11) is 0. The van der Waals surface area contributed by atoms with Crippen LogP contribution < -0.4 is 5.32 Å². The Morgan fingerprint density at radius 2 is 1.12 bits per heavy atom. The first kappa shape index (κ1) is 44.8. The highest BCUT2D eigenvalue weighted by Gasteiger charge is 2.26. The van der Waals surface area contributed by atoms with Crippen molar-refractivity contribution in [1.82, 2.24) is 10.2 Å². The molecule has 0 aliphatic carbocycles. The van der Waals surface area contributed by atoms with Crippen LogP contribution in [-0.4, -0.2) is 60.6 Å². The van der Waals surface area contributed by atoms with E-state index in [-0.39, 0.29) is 23.9 Å². The average Bonchev–Trinajstić information content (AvgIpc) is 3.24. The molecule has 2 fully saturated rings. The van der Waals surface area contributed by atoms with Crippen molar-refractivity contribution in [2.45, 2.75) is 78.1 Å². The van der Waals surface area contributed by atoms with Crippen LogP contribution in [-0.2, 0) is 12.8 Å². The summed E-state index contributed by atoms with van der Waals surface area (Å²) in [5.41, 5.74) is 9.44. The number of likely N-dealkylation sites (tertiary alicyclic amines) is 1. The van der Waals surface area contributed by atoms with E-state index in [0.717, 1.165) is 66.5 Å². The van der Waals surface area contributed by atoms with Crippen molar-refractivity contribution in [3.05, 3.63) is 140 Å². The summed E-state index contributed by atoms with van der Waals surface area (Å²) < 4.78 is 0. The predicted molar refractivity (Wildman–Crippen MR) is 221 cm³/mol. The molecule has 4 aromatic rings. The Balaban J connectivity index is 0.000000245. The van der Waals surface area contributed by atoms with E-state index >= 15 is 0 Å². The van der Waals surface area contributed by atoms with Crippen LogP contribution in [0.15, 0.2) is 72.8 Å². The van der Waals surface area contributed by atoms with Crippen LogP contribution in [0.5, 0.6) is 0 Å². The predicted octanol–water partition coefficient (Wildman–Crippen LogP) is 8.78. The third kappa shape index (κ3) is 11.7. The van der Waals surface area contributed by atoms with Gasteiger partial charge in [0.05, 0.1) is 28.8 Å². The second kappa shape index (κ2) is 22.1. The molecule has 10 heteroatoms. The van der Waals surface area contributed by atoms with Crippen molar-refractivity contribution in [2.75, 3.05) is 26.2 Å². The number of halogens is 1. The van der Waals surface area contributed by atoms with Crippen LogP contribution in [0.1, 0.15) is 137 Å². The van der Waals surface area contributed by atoms with E-state index in [1.165, 1.54) is 30.0 Å². The summed E-state index contributed by atoms with van der Waals surface area (Å²) >= 11 is 0. The zero-order chi connectivity index (χ0) is 39.9. The van der Waals surface area contributed by atoms with Crippen molar-refractivity contribution in [1.29, 1.82) is 10.5 Å². The maximum atomic E-state index is 13.1. The molecule has 292 valence electrons. The molecule has 2 aliphatic rings. The van der Waals surface area contributed by atoms with E-state index in [1.54, 1.807) is 19.1 Å². The molecule has 2 saturated heterocycles. The lowest BCUT2D eigenvalue weighted by atomic mass is 9.88. The molecule has 9 nitrogen and oxygen atoms in total. The van der Waals surface area contributed by atoms with Crippen molar-refractivity contribution in [3.63, 3.8) is 0 Å². The van der Waals surface area contributed by atoms with Gasteiger partial charge in [-0.15, -0.1) is 12.4 Å². The topological polar surface area (TPSA) is 151 Å². The fraction of sp³-hybridized carbons (Fsp3) is 0.348.